The zero-order valence-corrected chi connectivity index (χ0v) is 53.9. The topological polar surface area (TPSA) is 414 Å². The van der Waals surface area contributed by atoms with E-state index in [-0.39, 0.29) is 155 Å². The maximum Gasteiger partial charge on any atom is 0.255 e. The Morgan fingerprint density at radius 3 is 0.872 bits per heavy atom. The smallest absolute Gasteiger partial charge is 0.255 e. The molecule has 0 aliphatic carbocycles. The molecular formula is C56H89N13O12S5. The van der Waals surface area contributed by atoms with E-state index in [9.17, 15) is 38.4 Å². The number of carbonyl (C=O) groups is 8. The number of carbonyl (C=O) groups excluding carboxylic acids is 8. The summed E-state index contributed by atoms with van der Waals surface area (Å²) in [5.41, 5.74) is 35.3. The van der Waals surface area contributed by atoms with Crippen LogP contribution in [0.5, 0.6) is 23.0 Å². The second-order valence-corrected chi connectivity index (χ2v) is 18.8. The molecule has 4 atom stereocenters. The van der Waals surface area contributed by atoms with Crippen LogP contribution in [0.1, 0.15) is 118 Å². The molecule has 4 aromatic rings. The summed E-state index contributed by atoms with van der Waals surface area (Å²) in [5.74, 6) is -4.64. The fourth-order valence-corrected chi connectivity index (χ4v) is 8.42. The lowest BCUT2D eigenvalue weighted by Crippen LogP contribution is -2.44. The summed E-state index contributed by atoms with van der Waals surface area (Å²) >= 11 is 0. The van der Waals surface area contributed by atoms with Gasteiger partial charge in [-0.2, -0.15) is 67.5 Å². The third-order valence-electron chi connectivity index (χ3n) is 12.9. The minimum atomic E-state index is -1.17. The van der Waals surface area contributed by atoms with E-state index >= 15 is 0 Å². The van der Waals surface area contributed by atoms with Crippen molar-refractivity contribution in [3.05, 3.63) is 95.1 Å². The van der Waals surface area contributed by atoms with Gasteiger partial charge in [0.2, 0.25) is 23.6 Å². The van der Waals surface area contributed by atoms with Crippen molar-refractivity contribution in [2.24, 2.45) is 34.4 Å². The van der Waals surface area contributed by atoms with Crippen LogP contribution in [0.25, 0.3) is 0 Å². The predicted octanol–water partition coefficient (Wildman–Crippen LogP) is 3.38. The molecular weight excluding hydrogens is 1210 g/mol. The number of amides is 8. The molecule has 0 radical (unpaired) electrons. The summed E-state index contributed by atoms with van der Waals surface area (Å²) in [5, 5.41) is 19.3. The molecule has 0 aromatic heterocycles. The van der Waals surface area contributed by atoms with Crippen LogP contribution in [0.15, 0.2) is 72.8 Å². The number of nitrogens with two attached hydrogens (primary N) is 6. The van der Waals surface area contributed by atoms with E-state index in [2.05, 4.69) is 37.2 Å². The lowest BCUT2D eigenvalue weighted by molar-refractivity contribution is -0.118. The first-order valence-electron chi connectivity index (χ1n) is 26.7. The summed E-state index contributed by atoms with van der Waals surface area (Å²) in [6, 6.07) is 13.3. The number of hydrogen-bond donors (Lipinski definition) is 13. The van der Waals surface area contributed by atoms with Crippen molar-refractivity contribution in [1.29, 1.82) is 0 Å². The number of hydrogen-bond acceptors (Lipinski definition) is 17. The second kappa shape index (κ2) is 43.1. The molecule has 0 unspecified atom stereocenters. The third-order valence-corrected chi connectivity index (χ3v) is 12.9. The maximum atomic E-state index is 14.2. The Balaban J connectivity index is 0. The van der Waals surface area contributed by atoms with Crippen LogP contribution >= 0.6 is 67.5 Å². The molecule has 25 nitrogen and oxygen atoms in total. The molecule has 0 aliphatic heterocycles. The van der Waals surface area contributed by atoms with Gasteiger partial charge in [0.25, 0.3) is 23.6 Å². The normalized spacial score (nSPS) is 11.6. The van der Waals surface area contributed by atoms with Crippen LogP contribution in [-0.4, -0.2) is 126 Å². The van der Waals surface area contributed by atoms with E-state index < -0.39 is 71.4 Å². The minimum absolute atomic E-state index is 0. The molecule has 8 amide bonds. The van der Waals surface area contributed by atoms with E-state index in [1.165, 1.54) is 95.2 Å². The monoisotopic (exact) mass is 1300 g/mol. The van der Waals surface area contributed by atoms with E-state index in [4.69, 9.17) is 53.3 Å². The third kappa shape index (κ3) is 25.4. The zero-order chi connectivity index (χ0) is 59.4. The molecule has 4 aromatic carbocycles. The van der Waals surface area contributed by atoms with E-state index in [1.807, 2.05) is 0 Å². The van der Waals surface area contributed by atoms with Crippen molar-refractivity contribution in [2.75, 3.05) is 75.9 Å². The van der Waals surface area contributed by atoms with Crippen molar-refractivity contribution in [1.82, 2.24) is 16.0 Å². The average Bonchev–Trinajstić information content (AvgIpc) is 3.39. The molecule has 0 spiro atoms. The summed E-state index contributed by atoms with van der Waals surface area (Å²) < 4.78 is 21.7. The highest BCUT2D eigenvalue weighted by atomic mass is 32.1. The second-order valence-electron chi connectivity index (χ2n) is 18.8. The Kier molecular flexibility index (Phi) is 40.8. The molecule has 86 heavy (non-hydrogen) atoms. The first kappa shape index (κ1) is 81.5. The van der Waals surface area contributed by atoms with Crippen molar-refractivity contribution in [3.8, 4) is 23.0 Å². The molecule has 0 bridgehead atoms. The lowest BCUT2D eigenvalue weighted by Gasteiger charge is -2.22. The zero-order valence-electron chi connectivity index (χ0n) is 48.9. The van der Waals surface area contributed by atoms with Crippen LogP contribution in [-0.2, 0) is 19.2 Å². The molecule has 480 valence electrons. The van der Waals surface area contributed by atoms with Gasteiger partial charge in [-0.3, -0.25) is 38.4 Å². The van der Waals surface area contributed by atoms with Gasteiger partial charge in [-0.15, -0.1) is 0 Å². The fourth-order valence-electron chi connectivity index (χ4n) is 8.42. The van der Waals surface area contributed by atoms with Gasteiger partial charge in [0.05, 0.1) is 56.7 Å². The van der Waals surface area contributed by atoms with E-state index in [0.29, 0.717) is 84.0 Å². The molecule has 0 fully saturated rings. The number of unbranched alkanes of at least 4 members (excludes halogenated alkanes) is 4. The number of anilines is 4. The van der Waals surface area contributed by atoms with Crippen molar-refractivity contribution >= 4 is 137 Å². The number of nitrogens with one attached hydrogen (secondary N) is 7. The number of ether oxygens (including phenoxy) is 4. The van der Waals surface area contributed by atoms with Crippen LogP contribution in [0.4, 0.5) is 22.7 Å². The van der Waals surface area contributed by atoms with Crippen molar-refractivity contribution < 1.29 is 57.3 Å². The number of benzene rings is 4. The summed E-state index contributed by atoms with van der Waals surface area (Å²) in [6.45, 7) is 1.46. The first-order valence-corrected chi connectivity index (χ1v) is 26.7. The van der Waals surface area contributed by atoms with Gasteiger partial charge in [0.15, 0.2) is 0 Å². The Bertz CT molecular complexity index is 2830. The van der Waals surface area contributed by atoms with Gasteiger partial charge >= 0.3 is 0 Å². The highest BCUT2D eigenvalue weighted by molar-refractivity contribution is 7.60. The average molecular weight is 1300 g/mol. The molecule has 4 rings (SSSR count). The van der Waals surface area contributed by atoms with E-state index in [0.717, 1.165) is 0 Å². The van der Waals surface area contributed by atoms with Crippen LogP contribution in [0.2, 0.25) is 0 Å². The molecule has 0 saturated carbocycles. The summed E-state index contributed by atoms with van der Waals surface area (Å²) in [4.78, 5) is 109. The lowest BCUT2D eigenvalue weighted by atomic mass is 10.1. The summed E-state index contributed by atoms with van der Waals surface area (Å²) in [7, 11) is 5.44. The van der Waals surface area contributed by atoms with Crippen LogP contribution in [0, 0.1) is 0 Å². The predicted molar refractivity (Wildman–Crippen MR) is 360 cm³/mol. The Hall–Kier alpha value is -6.61. The number of primary amides is 1. The number of rotatable bonds is 35. The quantitative estimate of drug-likeness (QED) is 0.0294. The minimum Gasteiger partial charge on any atom is -0.496 e. The van der Waals surface area contributed by atoms with Gasteiger partial charge in [-0.05, 0) is 170 Å². The molecule has 30 heteroatoms. The molecule has 19 N–H and O–H groups in total. The Morgan fingerprint density at radius 2 is 0.616 bits per heavy atom. The number of methoxy groups -OCH3 is 4. The van der Waals surface area contributed by atoms with Gasteiger partial charge < -0.3 is 90.6 Å². The molecule has 0 saturated heterocycles. The summed E-state index contributed by atoms with van der Waals surface area (Å²) in [6.07, 6.45) is 5.28. The highest BCUT2D eigenvalue weighted by Crippen LogP contribution is 2.28. The largest absolute Gasteiger partial charge is 0.496 e. The molecule has 0 aliphatic rings. The molecule has 0 heterocycles. The Morgan fingerprint density at radius 1 is 0.372 bits per heavy atom. The highest BCUT2D eigenvalue weighted by Gasteiger charge is 2.29. The van der Waals surface area contributed by atoms with Gasteiger partial charge in [-0.25, -0.2) is 0 Å². The van der Waals surface area contributed by atoms with Crippen LogP contribution < -0.4 is 90.6 Å². The van der Waals surface area contributed by atoms with E-state index in [1.54, 1.807) is 6.07 Å². The van der Waals surface area contributed by atoms with Gasteiger partial charge in [0, 0.05) is 22.7 Å². The maximum absolute atomic E-state index is 14.2. The Labute approximate surface area is 537 Å². The van der Waals surface area contributed by atoms with Crippen LogP contribution in [0.3, 0.4) is 0 Å². The first-order chi connectivity index (χ1) is 38.9. The SMILES string of the molecule is COc1ccc(NC(=O)[C@H](CCCCN)NC(=O)c2cc(NC(=O)[C@H](CCCCN)NC(=O)c3cc(NC(=O)[C@H](CCCCN)NC(=O)c4cc(NC(=O)[C@@H](N)CCCCN)ccc4OC)ccc3OC)ccc2OC)cc1C(N)=O.S.S.S.S.S. The fraction of sp³-hybridized carbons (Fsp3) is 0.429. The van der Waals surface area contributed by atoms with Gasteiger partial charge in [-0.1, -0.05) is 6.42 Å². The standard InChI is InChI=1S/C56H79N13O12.5H2S/c1-78-45-21-17-33(29-37(45)49(62)70)64-54(75)42(14-6-10-26-58)67-51(72)39-31-35(19-23-47(39)80-3)66-56(77)44(16-8-12-28-60)69-52(73)40-32-36(20-24-48(40)81-4)65-55(76)43(15-7-11-27-59)68-50(71)38-30-34(18-22-46(38)79-2)63-53(74)41(61)13-5-9-25-57;;;;;/h17-24,29-32,41-44H,5-16,25-28,57-61H2,1-4H3,(H2,62,70)(H,63,74)(H,64,75)(H,65,76)(H,66,77)(H,67,72)(H,68,71)(H,69,73);5*1H2/t41-,42-,43-,44-;;;;;/m0...../s1. The van der Waals surface area contributed by atoms with Crippen molar-refractivity contribution in [2.45, 2.75) is 101 Å². The van der Waals surface area contributed by atoms with Gasteiger partial charge in [0.1, 0.15) is 41.1 Å². The van der Waals surface area contributed by atoms with Crippen molar-refractivity contribution in [3.63, 3.8) is 0 Å².